The zero-order valence-corrected chi connectivity index (χ0v) is 16.6. The van der Waals surface area contributed by atoms with Crippen molar-refractivity contribution in [1.82, 2.24) is 14.8 Å². The van der Waals surface area contributed by atoms with E-state index in [0.29, 0.717) is 59.4 Å². The average Bonchev–Trinajstić information content (AvgIpc) is 3.26. The number of carbonyl (C=O) groups excluding carboxylic acids is 1. The lowest BCUT2D eigenvalue weighted by Crippen LogP contribution is -2.17. The van der Waals surface area contributed by atoms with Crippen LogP contribution in [-0.4, -0.2) is 27.3 Å². The molecule has 1 aromatic carbocycles. The van der Waals surface area contributed by atoms with Crippen LogP contribution < -0.4 is 10.6 Å². The lowest BCUT2D eigenvalue weighted by Gasteiger charge is -2.12. The zero-order chi connectivity index (χ0) is 20.8. The van der Waals surface area contributed by atoms with Crippen LogP contribution in [0.4, 0.5) is 15.9 Å². The molecule has 0 radical (unpaired) electrons. The van der Waals surface area contributed by atoms with Gasteiger partial charge in [0.25, 0.3) is 5.91 Å². The number of pyridine rings is 1. The minimum atomic E-state index is -0.342. The second-order valence-corrected chi connectivity index (χ2v) is 7.42. The fourth-order valence-corrected chi connectivity index (χ4v) is 3.94. The van der Waals surface area contributed by atoms with E-state index in [2.05, 4.69) is 20.7 Å². The van der Waals surface area contributed by atoms with Gasteiger partial charge in [0, 0.05) is 22.9 Å². The van der Waals surface area contributed by atoms with E-state index < -0.39 is 0 Å². The van der Waals surface area contributed by atoms with Crippen LogP contribution in [0.25, 0.3) is 16.8 Å². The SMILES string of the molecule is C/C(Nc1cc2n(n1)CCOC2)=C1/C(=O)Nc2cnc(-c3c(C)cccc3F)cc21. The summed E-state index contributed by atoms with van der Waals surface area (Å²) in [7, 11) is 0. The van der Waals surface area contributed by atoms with Crippen LogP contribution in [0.3, 0.4) is 0 Å². The highest BCUT2D eigenvalue weighted by Crippen LogP contribution is 2.37. The number of ether oxygens (including phenoxy) is 1. The minimum Gasteiger partial charge on any atom is -0.373 e. The first-order chi connectivity index (χ1) is 14.5. The number of aromatic nitrogens is 3. The number of anilines is 2. The Morgan fingerprint density at radius 3 is 3.00 bits per heavy atom. The summed E-state index contributed by atoms with van der Waals surface area (Å²) in [5, 5.41) is 10.6. The van der Waals surface area contributed by atoms with Gasteiger partial charge in [0.1, 0.15) is 5.82 Å². The van der Waals surface area contributed by atoms with Crippen molar-refractivity contribution >= 4 is 23.0 Å². The molecule has 3 aromatic rings. The average molecular weight is 405 g/mol. The summed E-state index contributed by atoms with van der Waals surface area (Å²) in [5.74, 6) is 0.0819. The molecule has 30 heavy (non-hydrogen) atoms. The summed E-state index contributed by atoms with van der Waals surface area (Å²) in [6.07, 6.45) is 1.57. The number of rotatable bonds is 3. The summed E-state index contributed by atoms with van der Waals surface area (Å²) >= 11 is 0. The van der Waals surface area contributed by atoms with Crippen LogP contribution in [-0.2, 0) is 22.7 Å². The van der Waals surface area contributed by atoms with Gasteiger partial charge < -0.3 is 15.4 Å². The van der Waals surface area contributed by atoms with Crippen LogP contribution in [0.5, 0.6) is 0 Å². The Kier molecular flexibility index (Phi) is 4.36. The molecule has 152 valence electrons. The molecule has 0 unspecified atom stereocenters. The predicted octanol–water partition coefficient (Wildman–Crippen LogP) is 3.72. The van der Waals surface area contributed by atoms with E-state index in [0.717, 1.165) is 11.3 Å². The molecule has 2 aliphatic heterocycles. The molecule has 0 spiro atoms. The highest BCUT2D eigenvalue weighted by atomic mass is 19.1. The van der Waals surface area contributed by atoms with E-state index in [1.165, 1.54) is 6.07 Å². The Labute approximate surface area is 172 Å². The van der Waals surface area contributed by atoms with Gasteiger partial charge in [-0.3, -0.25) is 14.5 Å². The van der Waals surface area contributed by atoms with Gasteiger partial charge in [-0.25, -0.2) is 4.39 Å². The molecule has 2 aliphatic rings. The van der Waals surface area contributed by atoms with Crippen molar-refractivity contribution in [1.29, 1.82) is 0 Å². The number of nitrogens with zero attached hydrogens (tertiary/aromatic N) is 3. The number of nitrogens with one attached hydrogen (secondary N) is 2. The van der Waals surface area contributed by atoms with Gasteiger partial charge in [0.05, 0.1) is 48.6 Å². The third-order valence-corrected chi connectivity index (χ3v) is 5.38. The van der Waals surface area contributed by atoms with Gasteiger partial charge in [-0.2, -0.15) is 5.10 Å². The highest BCUT2D eigenvalue weighted by molar-refractivity contribution is 6.32. The molecule has 4 heterocycles. The third-order valence-electron chi connectivity index (χ3n) is 5.38. The van der Waals surface area contributed by atoms with Crippen molar-refractivity contribution in [2.45, 2.75) is 27.0 Å². The lowest BCUT2D eigenvalue weighted by molar-refractivity contribution is -0.110. The minimum absolute atomic E-state index is 0.230. The van der Waals surface area contributed by atoms with E-state index >= 15 is 0 Å². The first-order valence-corrected chi connectivity index (χ1v) is 9.71. The molecule has 7 nitrogen and oxygen atoms in total. The van der Waals surface area contributed by atoms with Crippen LogP contribution in [0.1, 0.15) is 23.7 Å². The predicted molar refractivity (Wildman–Crippen MR) is 111 cm³/mol. The fourth-order valence-electron chi connectivity index (χ4n) is 3.94. The fraction of sp³-hybridized carbons (Fsp3) is 0.227. The summed E-state index contributed by atoms with van der Waals surface area (Å²) < 4.78 is 21.8. The monoisotopic (exact) mass is 405 g/mol. The molecule has 5 rings (SSSR count). The largest absolute Gasteiger partial charge is 0.373 e. The smallest absolute Gasteiger partial charge is 0.258 e. The molecule has 2 aromatic heterocycles. The van der Waals surface area contributed by atoms with E-state index in [1.54, 1.807) is 18.3 Å². The maximum Gasteiger partial charge on any atom is 0.258 e. The van der Waals surface area contributed by atoms with Crippen molar-refractivity contribution in [3.05, 3.63) is 64.9 Å². The molecule has 1 amide bonds. The molecule has 0 saturated heterocycles. The normalized spacial score (nSPS) is 16.7. The maximum atomic E-state index is 14.5. The molecule has 0 saturated carbocycles. The Morgan fingerprint density at radius 2 is 2.20 bits per heavy atom. The summed E-state index contributed by atoms with van der Waals surface area (Å²) in [5.41, 5.74) is 5.13. The first kappa shape index (κ1) is 18.5. The van der Waals surface area contributed by atoms with Crippen molar-refractivity contribution in [2.24, 2.45) is 0 Å². The zero-order valence-electron chi connectivity index (χ0n) is 16.6. The van der Waals surface area contributed by atoms with Gasteiger partial charge in [-0.15, -0.1) is 0 Å². The van der Waals surface area contributed by atoms with Gasteiger partial charge in [-0.05, 0) is 31.5 Å². The Balaban J connectivity index is 1.54. The molecule has 2 N–H and O–H groups in total. The molecule has 8 heteroatoms. The molecular formula is C22H20FN5O2. The van der Waals surface area contributed by atoms with Gasteiger partial charge in [0.15, 0.2) is 5.82 Å². The van der Waals surface area contributed by atoms with Crippen molar-refractivity contribution < 1.29 is 13.9 Å². The number of hydrogen-bond acceptors (Lipinski definition) is 5. The van der Waals surface area contributed by atoms with Crippen LogP contribution in [0.15, 0.2) is 42.2 Å². The number of allylic oxidation sites excluding steroid dienone is 1. The summed E-state index contributed by atoms with van der Waals surface area (Å²) in [6.45, 7) is 5.52. The summed E-state index contributed by atoms with van der Waals surface area (Å²) in [6, 6.07) is 8.59. The van der Waals surface area contributed by atoms with E-state index in [1.807, 2.05) is 30.7 Å². The number of fused-ring (bicyclic) bond motifs is 2. The molecule has 0 aliphatic carbocycles. The van der Waals surface area contributed by atoms with E-state index in [9.17, 15) is 9.18 Å². The summed E-state index contributed by atoms with van der Waals surface area (Å²) in [4.78, 5) is 17.1. The Bertz CT molecular complexity index is 1170. The maximum absolute atomic E-state index is 14.5. The highest BCUT2D eigenvalue weighted by Gasteiger charge is 2.28. The number of benzene rings is 1. The number of hydrogen-bond donors (Lipinski definition) is 2. The number of amides is 1. The van der Waals surface area contributed by atoms with Crippen molar-refractivity contribution in [3.8, 4) is 11.3 Å². The van der Waals surface area contributed by atoms with Gasteiger partial charge in [0.2, 0.25) is 0 Å². The molecular weight excluding hydrogens is 385 g/mol. The number of carbonyl (C=O) groups is 1. The molecule has 0 atom stereocenters. The van der Waals surface area contributed by atoms with E-state index in [-0.39, 0.29) is 11.7 Å². The number of aryl methyl sites for hydroxylation is 1. The van der Waals surface area contributed by atoms with Crippen LogP contribution in [0, 0.1) is 12.7 Å². The Morgan fingerprint density at radius 1 is 1.33 bits per heavy atom. The molecule has 0 fully saturated rings. The third kappa shape index (κ3) is 3.05. The number of halogens is 1. The van der Waals surface area contributed by atoms with Gasteiger partial charge in [-0.1, -0.05) is 12.1 Å². The standard InChI is InChI=1S/C22H20FN5O2/c1-12-4-3-5-16(23)20(12)17-9-15-18(10-24-17)26-22(29)21(15)13(2)25-19-8-14-11-30-7-6-28(14)27-19/h3-5,8-10H,6-7,11H2,1-2H3,(H,25,27)(H,26,29)/b21-13-. The second kappa shape index (κ2) is 7.07. The quantitative estimate of drug-likeness (QED) is 0.649. The van der Waals surface area contributed by atoms with Crippen LogP contribution in [0.2, 0.25) is 0 Å². The Hall–Kier alpha value is -3.52. The topological polar surface area (TPSA) is 81.1 Å². The first-order valence-electron chi connectivity index (χ1n) is 9.71. The van der Waals surface area contributed by atoms with E-state index in [4.69, 9.17) is 4.74 Å². The van der Waals surface area contributed by atoms with Crippen molar-refractivity contribution in [3.63, 3.8) is 0 Å². The van der Waals surface area contributed by atoms with Crippen molar-refractivity contribution in [2.75, 3.05) is 17.2 Å². The second-order valence-electron chi connectivity index (χ2n) is 7.42. The molecule has 0 bridgehead atoms. The lowest BCUT2D eigenvalue weighted by atomic mass is 10.00. The van der Waals surface area contributed by atoms with Crippen LogP contribution >= 0.6 is 0 Å². The van der Waals surface area contributed by atoms with Gasteiger partial charge >= 0.3 is 0 Å².